The summed E-state index contributed by atoms with van der Waals surface area (Å²) in [5.41, 5.74) is 0.282. The minimum absolute atomic E-state index is 0.129. The second-order valence-electron chi connectivity index (χ2n) is 13.4. The van der Waals surface area contributed by atoms with Crippen molar-refractivity contribution in [3.8, 4) is 0 Å². The maximum atomic E-state index is 13.7. The lowest BCUT2D eigenvalue weighted by atomic mass is 9.79. The second-order valence-corrected chi connectivity index (χ2v) is 13.8. The van der Waals surface area contributed by atoms with Crippen molar-refractivity contribution >= 4 is 53.1 Å². The summed E-state index contributed by atoms with van der Waals surface area (Å²) in [6.45, 7) is 7.36. The van der Waals surface area contributed by atoms with E-state index in [1.165, 1.54) is 6.33 Å². The van der Waals surface area contributed by atoms with Crippen LogP contribution in [-0.4, -0.2) is 75.7 Å². The number of esters is 3. The number of benzene rings is 3. The number of aromatic nitrogens is 3. The lowest BCUT2D eigenvalue weighted by molar-refractivity contribution is -0.0604. The highest BCUT2D eigenvalue weighted by atomic mass is 35.5. The van der Waals surface area contributed by atoms with Gasteiger partial charge >= 0.3 is 25.0 Å². The predicted octanol–water partition coefficient (Wildman–Crippen LogP) is 5.59. The third-order valence-corrected chi connectivity index (χ3v) is 9.84. The molecule has 14 heteroatoms. The maximum absolute atomic E-state index is 13.7. The van der Waals surface area contributed by atoms with Gasteiger partial charge in [-0.1, -0.05) is 66.2 Å². The molecule has 52 heavy (non-hydrogen) atoms. The Bertz CT molecular complexity index is 2080. The number of carbonyl (C=O) groups excluding carboxylic acids is 3. The van der Waals surface area contributed by atoms with Crippen LogP contribution in [0.2, 0.25) is 5.15 Å². The first kappa shape index (κ1) is 35.3. The molecule has 0 bridgehead atoms. The number of carbonyl (C=O) groups is 3. The lowest BCUT2D eigenvalue weighted by Crippen LogP contribution is -2.41. The number of halogens is 1. The zero-order valence-electron chi connectivity index (χ0n) is 28.8. The maximum Gasteiger partial charge on any atom is 0.497 e. The first-order valence-electron chi connectivity index (χ1n) is 16.7. The van der Waals surface area contributed by atoms with Crippen LogP contribution in [0, 0.1) is 0 Å². The third kappa shape index (κ3) is 6.80. The molecule has 0 radical (unpaired) electrons. The van der Waals surface area contributed by atoms with Crippen molar-refractivity contribution in [2.75, 3.05) is 6.61 Å². The van der Waals surface area contributed by atoms with E-state index < -0.39 is 60.8 Å². The summed E-state index contributed by atoms with van der Waals surface area (Å²) >= 11 is 6.71. The summed E-state index contributed by atoms with van der Waals surface area (Å²) in [5.74, 6) is -2.01. The molecule has 2 aliphatic rings. The first-order chi connectivity index (χ1) is 24.9. The predicted molar refractivity (Wildman–Crippen MR) is 190 cm³/mol. The van der Waals surface area contributed by atoms with E-state index in [0.29, 0.717) is 22.1 Å². The van der Waals surface area contributed by atoms with Gasteiger partial charge < -0.3 is 32.8 Å². The molecule has 2 fully saturated rings. The third-order valence-electron chi connectivity index (χ3n) is 9.55. The van der Waals surface area contributed by atoms with Gasteiger partial charge in [-0.3, -0.25) is 0 Å². The lowest BCUT2D eigenvalue weighted by Gasteiger charge is -2.32. The smallest absolute Gasteiger partial charge is 0.459 e. The van der Waals surface area contributed by atoms with E-state index in [1.807, 2.05) is 27.7 Å². The standard InChI is InChI=1S/C38H35BClN3O9/c1-37(2)38(3,4)52-39(51-37)26-20-43(32-28(26)31(40)41-22-42-32)33-30(50-36(46)25-18-12-7-13-19-25)29(49-35(45)24-16-10-6-11-17-24)27(48-33)21-47-34(44)23-14-8-5-9-15-23/h5-20,22,27,29-30,33H,21H2,1-4H3/t27-,29-,30-,33-/m1/s1. The van der Waals surface area contributed by atoms with Crippen molar-refractivity contribution in [3.63, 3.8) is 0 Å². The fraction of sp³-hybridized carbons (Fsp3) is 0.289. The molecule has 0 spiro atoms. The molecule has 7 rings (SSSR count). The minimum atomic E-state index is -1.28. The van der Waals surface area contributed by atoms with E-state index >= 15 is 0 Å². The first-order valence-corrected chi connectivity index (χ1v) is 17.1. The van der Waals surface area contributed by atoms with E-state index in [4.69, 9.17) is 39.9 Å². The van der Waals surface area contributed by atoms with Gasteiger partial charge in [0.25, 0.3) is 0 Å². The number of ether oxygens (including phenoxy) is 4. The van der Waals surface area contributed by atoms with E-state index in [0.717, 1.165) is 0 Å². The molecule has 4 atom stereocenters. The summed E-state index contributed by atoms with van der Waals surface area (Å²) < 4.78 is 38.9. The molecule has 3 aromatic carbocycles. The van der Waals surface area contributed by atoms with Crippen LogP contribution in [0.25, 0.3) is 11.0 Å². The van der Waals surface area contributed by atoms with Crippen LogP contribution in [-0.2, 0) is 28.3 Å². The largest absolute Gasteiger partial charge is 0.497 e. The quantitative estimate of drug-likeness (QED) is 0.0815. The number of hydrogen-bond donors (Lipinski definition) is 0. The topological polar surface area (TPSA) is 137 Å². The molecule has 0 unspecified atom stereocenters. The monoisotopic (exact) mass is 723 g/mol. The molecular formula is C38H35BClN3O9. The average molecular weight is 724 g/mol. The van der Waals surface area contributed by atoms with Gasteiger partial charge in [0.05, 0.1) is 33.3 Å². The summed E-state index contributed by atoms with van der Waals surface area (Å²) in [5, 5.41) is 0.556. The Hall–Kier alpha value is -5.08. The Morgan fingerprint density at radius 1 is 0.750 bits per heavy atom. The highest BCUT2D eigenvalue weighted by Crippen LogP contribution is 2.40. The van der Waals surface area contributed by atoms with Crippen LogP contribution < -0.4 is 5.46 Å². The fourth-order valence-electron chi connectivity index (χ4n) is 6.10. The van der Waals surface area contributed by atoms with Crippen molar-refractivity contribution in [2.45, 2.75) is 63.4 Å². The Morgan fingerprint density at radius 2 is 1.25 bits per heavy atom. The van der Waals surface area contributed by atoms with Gasteiger partial charge in [0.1, 0.15) is 29.8 Å². The number of hydrogen-bond acceptors (Lipinski definition) is 11. The van der Waals surface area contributed by atoms with Gasteiger partial charge in [0.15, 0.2) is 18.4 Å². The summed E-state index contributed by atoms with van der Waals surface area (Å²) in [7, 11) is -0.877. The molecule has 0 N–H and O–H groups in total. The normalized spacial score (nSPS) is 21.9. The van der Waals surface area contributed by atoms with Gasteiger partial charge in [-0.15, -0.1) is 0 Å². The highest BCUT2D eigenvalue weighted by molar-refractivity contribution is 6.66. The van der Waals surface area contributed by atoms with E-state index in [-0.39, 0.29) is 22.9 Å². The summed E-state index contributed by atoms with van der Waals surface area (Å²) in [6.07, 6.45) is -1.84. The number of nitrogens with zero attached hydrogens (tertiary/aromatic N) is 3. The fourth-order valence-corrected chi connectivity index (χ4v) is 6.34. The Balaban J connectivity index is 1.32. The molecule has 5 aromatic rings. The van der Waals surface area contributed by atoms with Crippen LogP contribution in [0.4, 0.5) is 0 Å². The van der Waals surface area contributed by atoms with Crippen LogP contribution in [0.3, 0.4) is 0 Å². The van der Waals surface area contributed by atoms with Crippen molar-refractivity contribution in [2.24, 2.45) is 0 Å². The molecule has 2 saturated heterocycles. The van der Waals surface area contributed by atoms with Crippen molar-refractivity contribution in [1.29, 1.82) is 0 Å². The Kier molecular flexibility index (Phi) is 9.62. The minimum Gasteiger partial charge on any atom is -0.459 e. The molecule has 4 heterocycles. The number of rotatable bonds is 9. The van der Waals surface area contributed by atoms with Gasteiger partial charge in [-0.05, 0) is 64.1 Å². The Morgan fingerprint density at radius 3 is 1.79 bits per heavy atom. The summed E-state index contributed by atoms with van der Waals surface area (Å²) in [6, 6.07) is 25.2. The van der Waals surface area contributed by atoms with Crippen LogP contribution in [0.5, 0.6) is 0 Å². The molecule has 266 valence electrons. The van der Waals surface area contributed by atoms with Crippen molar-refractivity contribution < 1.29 is 42.6 Å². The SMILES string of the molecule is CC1(C)OB(c2cn([C@@H]3O[C@H](COC(=O)c4ccccc4)[C@@H](OC(=O)c4ccccc4)[C@H]3OC(=O)c3ccccc3)c3ncnc(Cl)c23)OC1(C)C. The van der Waals surface area contributed by atoms with E-state index in [9.17, 15) is 14.4 Å². The molecular weight excluding hydrogens is 689 g/mol. The zero-order valence-corrected chi connectivity index (χ0v) is 29.6. The van der Waals surface area contributed by atoms with Crippen LogP contribution in [0.1, 0.15) is 65.0 Å². The van der Waals surface area contributed by atoms with Crippen LogP contribution >= 0.6 is 11.6 Å². The van der Waals surface area contributed by atoms with Gasteiger partial charge in [-0.2, -0.15) is 0 Å². The van der Waals surface area contributed by atoms with E-state index in [2.05, 4.69) is 9.97 Å². The second kappa shape index (κ2) is 14.2. The van der Waals surface area contributed by atoms with Crippen LogP contribution in [0.15, 0.2) is 104 Å². The van der Waals surface area contributed by atoms with Gasteiger partial charge in [-0.25, -0.2) is 24.4 Å². The van der Waals surface area contributed by atoms with Gasteiger partial charge in [0, 0.05) is 11.7 Å². The van der Waals surface area contributed by atoms with Gasteiger partial charge in [0.2, 0.25) is 0 Å². The summed E-state index contributed by atoms with van der Waals surface area (Å²) in [4.78, 5) is 49.1. The van der Waals surface area contributed by atoms with E-state index in [1.54, 1.807) is 102 Å². The highest BCUT2D eigenvalue weighted by Gasteiger charge is 2.55. The molecule has 0 saturated carbocycles. The molecule has 0 amide bonds. The zero-order chi connectivity index (χ0) is 36.6. The molecule has 0 aliphatic carbocycles. The van der Waals surface area contributed by atoms with Crippen molar-refractivity contribution in [3.05, 3.63) is 125 Å². The molecule has 2 aromatic heterocycles. The molecule has 12 nitrogen and oxygen atoms in total. The Labute approximate surface area is 305 Å². The average Bonchev–Trinajstić information content (AvgIpc) is 3.76. The van der Waals surface area contributed by atoms with Crippen molar-refractivity contribution in [1.82, 2.24) is 14.5 Å². The molecule has 2 aliphatic heterocycles. The number of fused-ring (bicyclic) bond motifs is 1.